The Morgan fingerprint density at radius 2 is 1.79 bits per heavy atom. The van der Waals surface area contributed by atoms with Crippen LogP contribution in [0.1, 0.15) is 58.0 Å². The molecule has 0 radical (unpaired) electrons. The molecule has 1 saturated carbocycles. The Morgan fingerprint density at radius 3 is 2.53 bits per heavy atom. The van der Waals surface area contributed by atoms with Crippen molar-refractivity contribution in [1.82, 2.24) is 30.5 Å². The first kappa shape index (κ1) is 22.1. The van der Waals surface area contributed by atoms with Crippen LogP contribution in [0.25, 0.3) is 10.9 Å². The topological polar surface area (TPSA) is 140 Å². The number of nitrogens with one attached hydrogen (secondary N) is 3. The van der Waals surface area contributed by atoms with Crippen LogP contribution in [0, 0.1) is 0 Å². The van der Waals surface area contributed by atoms with Crippen molar-refractivity contribution < 1.29 is 19.5 Å². The molecule has 2 atom stereocenters. The number of hydrogen-bond donors (Lipinski definition) is 4. The number of benzene rings is 1. The van der Waals surface area contributed by atoms with E-state index < -0.39 is 12.0 Å². The van der Waals surface area contributed by atoms with Crippen molar-refractivity contribution in [3.05, 3.63) is 58.3 Å². The number of hydrogen-bond acceptors (Lipinski definition) is 5. The van der Waals surface area contributed by atoms with Crippen molar-refractivity contribution in [2.45, 2.75) is 50.9 Å². The number of H-pyrrole nitrogens is 1. The van der Waals surface area contributed by atoms with E-state index in [4.69, 9.17) is 11.6 Å². The molecule has 2 aliphatic rings. The minimum Gasteiger partial charge on any atom is -0.465 e. The Kier molecular flexibility index (Phi) is 5.82. The SMILES string of the molecule is O=C(NC1CCCCC1NC(=O)c1cc2cc(Cl)ccc2[nH]1)c1ncc2c(n1)CN(C(=O)O)C2. The third kappa shape index (κ3) is 4.41. The standard InChI is InChI=1S/C23H23ClN6O4/c24-14-5-6-15-12(7-14)8-18(26-15)21(31)28-16-3-1-2-4-17(16)29-22(32)20-25-9-13-10-30(23(33)34)11-19(13)27-20/h5-9,16-17,26H,1-4,10-11H2,(H,28,31)(H,29,32)(H,33,34). The Balaban J connectivity index is 1.27. The van der Waals surface area contributed by atoms with Gasteiger partial charge in [0.15, 0.2) is 0 Å². The van der Waals surface area contributed by atoms with Crippen LogP contribution in [0.15, 0.2) is 30.5 Å². The summed E-state index contributed by atoms with van der Waals surface area (Å²) < 4.78 is 0. The molecular formula is C23H23ClN6O4. The average Bonchev–Trinajstić information content (AvgIpc) is 3.43. The summed E-state index contributed by atoms with van der Waals surface area (Å²) in [5.74, 6) is -0.696. The molecule has 3 amide bonds. The third-order valence-corrected chi connectivity index (χ3v) is 6.59. The number of carbonyl (C=O) groups is 3. The van der Waals surface area contributed by atoms with Gasteiger partial charge in [0.05, 0.1) is 18.8 Å². The number of carboxylic acid groups (broad SMARTS) is 1. The minimum atomic E-state index is -1.04. The zero-order valence-corrected chi connectivity index (χ0v) is 18.9. The average molecular weight is 483 g/mol. The normalized spacial score (nSPS) is 19.6. The van der Waals surface area contributed by atoms with Crippen molar-refractivity contribution in [2.24, 2.45) is 0 Å². The lowest BCUT2D eigenvalue weighted by atomic mass is 9.90. The van der Waals surface area contributed by atoms with Crippen molar-refractivity contribution in [2.75, 3.05) is 0 Å². The molecule has 34 heavy (non-hydrogen) atoms. The molecule has 1 aliphatic carbocycles. The van der Waals surface area contributed by atoms with Gasteiger partial charge in [-0.1, -0.05) is 24.4 Å². The van der Waals surface area contributed by atoms with E-state index in [0.717, 1.165) is 36.6 Å². The lowest BCUT2D eigenvalue weighted by Crippen LogP contribution is -2.53. The molecule has 0 spiro atoms. The predicted molar refractivity (Wildman–Crippen MR) is 124 cm³/mol. The first-order chi connectivity index (χ1) is 16.4. The van der Waals surface area contributed by atoms with E-state index in [-0.39, 0.29) is 36.9 Å². The van der Waals surface area contributed by atoms with Gasteiger partial charge < -0.3 is 20.7 Å². The number of rotatable bonds is 4. The van der Waals surface area contributed by atoms with Gasteiger partial charge in [-0.05, 0) is 37.1 Å². The molecule has 3 heterocycles. The summed E-state index contributed by atoms with van der Waals surface area (Å²) in [7, 11) is 0. The highest BCUT2D eigenvalue weighted by molar-refractivity contribution is 6.31. The van der Waals surface area contributed by atoms with Crippen LogP contribution in [0.4, 0.5) is 4.79 Å². The van der Waals surface area contributed by atoms with Gasteiger partial charge in [-0.15, -0.1) is 0 Å². The Bertz CT molecular complexity index is 1290. The van der Waals surface area contributed by atoms with E-state index >= 15 is 0 Å². The van der Waals surface area contributed by atoms with E-state index in [1.54, 1.807) is 18.2 Å². The minimum absolute atomic E-state index is 0.00543. The highest BCUT2D eigenvalue weighted by Gasteiger charge is 2.31. The summed E-state index contributed by atoms with van der Waals surface area (Å²) >= 11 is 6.04. The zero-order valence-electron chi connectivity index (χ0n) is 18.2. The first-order valence-electron chi connectivity index (χ1n) is 11.1. The van der Waals surface area contributed by atoms with Crippen LogP contribution in [-0.2, 0) is 13.1 Å². The van der Waals surface area contributed by atoms with Crippen LogP contribution in [0.3, 0.4) is 0 Å². The fraction of sp³-hybridized carbons (Fsp3) is 0.348. The summed E-state index contributed by atoms with van der Waals surface area (Å²) in [6.07, 6.45) is 3.80. The molecule has 3 aromatic rings. The predicted octanol–water partition coefficient (Wildman–Crippen LogP) is 3.08. The summed E-state index contributed by atoms with van der Waals surface area (Å²) in [5, 5.41) is 16.6. The van der Waals surface area contributed by atoms with Gasteiger partial charge in [-0.3, -0.25) is 14.5 Å². The van der Waals surface area contributed by atoms with Gasteiger partial charge >= 0.3 is 6.09 Å². The summed E-state index contributed by atoms with van der Waals surface area (Å²) in [4.78, 5) is 49.7. The number of carbonyl (C=O) groups excluding carboxylic acids is 2. The van der Waals surface area contributed by atoms with Gasteiger partial charge in [-0.2, -0.15) is 0 Å². The highest BCUT2D eigenvalue weighted by Crippen LogP contribution is 2.23. The van der Waals surface area contributed by atoms with E-state index in [1.165, 1.54) is 11.1 Å². The van der Waals surface area contributed by atoms with E-state index in [0.29, 0.717) is 22.0 Å². The number of aromatic nitrogens is 3. The Morgan fingerprint density at radius 1 is 1.06 bits per heavy atom. The Hall–Kier alpha value is -3.66. The quantitative estimate of drug-likeness (QED) is 0.450. The van der Waals surface area contributed by atoms with Crippen molar-refractivity contribution in [3.63, 3.8) is 0 Å². The summed E-state index contributed by atoms with van der Waals surface area (Å²) in [6, 6.07) is 6.62. The maximum Gasteiger partial charge on any atom is 0.407 e. The molecule has 1 aromatic carbocycles. The van der Waals surface area contributed by atoms with Gasteiger partial charge in [0, 0.05) is 39.8 Å². The fourth-order valence-electron chi connectivity index (χ4n) is 4.58. The van der Waals surface area contributed by atoms with Gasteiger partial charge in [0.2, 0.25) is 5.82 Å². The number of nitrogens with zero attached hydrogens (tertiary/aromatic N) is 3. The van der Waals surface area contributed by atoms with Crippen molar-refractivity contribution in [3.8, 4) is 0 Å². The Labute approximate surface area is 199 Å². The molecule has 5 rings (SSSR count). The number of aromatic amines is 1. The molecule has 2 unspecified atom stereocenters. The third-order valence-electron chi connectivity index (χ3n) is 6.36. The molecule has 176 valence electrons. The van der Waals surface area contributed by atoms with Gasteiger partial charge in [-0.25, -0.2) is 14.8 Å². The monoisotopic (exact) mass is 482 g/mol. The second-order valence-corrected chi connectivity index (χ2v) is 9.10. The molecule has 0 bridgehead atoms. The second kappa shape index (κ2) is 8.94. The lowest BCUT2D eigenvalue weighted by molar-refractivity contribution is 0.0855. The van der Waals surface area contributed by atoms with Gasteiger partial charge in [0.1, 0.15) is 5.69 Å². The van der Waals surface area contributed by atoms with E-state index in [1.807, 2.05) is 6.07 Å². The fourth-order valence-corrected chi connectivity index (χ4v) is 4.76. The first-order valence-corrected chi connectivity index (χ1v) is 11.5. The largest absolute Gasteiger partial charge is 0.465 e. The van der Waals surface area contributed by atoms with Crippen LogP contribution < -0.4 is 10.6 Å². The van der Waals surface area contributed by atoms with E-state index in [9.17, 15) is 19.5 Å². The molecule has 1 aliphatic heterocycles. The number of fused-ring (bicyclic) bond motifs is 2. The maximum atomic E-state index is 12.9. The van der Waals surface area contributed by atoms with Crippen LogP contribution in [0.5, 0.6) is 0 Å². The zero-order chi connectivity index (χ0) is 23.8. The van der Waals surface area contributed by atoms with Crippen LogP contribution in [-0.4, -0.2) is 54.9 Å². The second-order valence-electron chi connectivity index (χ2n) is 8.66. The summed E-state index contributed by atoms with van der Waals surface area (Å²) in [5.41, 5.74) is 2.48. The van der Waals surface area contributed by atoms with Crippen LogP contribution >= 0.6 is 11.6 Å². The van der Waals surface area contributed by atoms with Crippen molar-refractivity contribution in [1.29, 1.82) is 0 Å². The number of amides is 3. The van der Waals surface area contributed by atoms with Crippen LogP contribution in [0.2, 0.25) is 5.02 Å². The molecule has 0 saturated heterocycles. The molecule has 1 fully saturated rings. The summed E-state index contributed by atoms with van der Waals surface area (Å²) in [6.45, 7) is 0.342. The highest BCUT2D eigenvalue weighted by atomic mass is 35.5. The molecular weight excluding hydrogens is 460 g/mol. The van der Waals surface area contributed by atoms with E-state index in [2.05, 4.69) is 25.6 Å². The smallest absolute Gasteiger partial charge is 0.407 e. The molecule has 11 heteroatoms. The van der Waals surface area contributed by atoms with Crippen molar-refractivity contribution >= 4 is 40.4 Å². The maximum absolute atomic E-state index is 12.9. The van der Waals surface area contributed by atoms with Gasteiger partial charge in [0.25, 0.3) is 11.8 Å². The molecule has 10 nitrogen and oxygen atoms in total. The molecule has 2 aromatic heterocycles. The molecule has 4 N–H and O–H groups in total. The lowest BCUT2D eigenvalue weighted by Gasteiger charge is -2.32. The number of halogens is 1.